The van der Waals surface area contributed by atoms with Crippen molar-refractivity contribution in [2.75, 3.05) is 19.6 Å². The quantitative estimate of drug-likeness (QED) is 0.866. The fourth-order valence-corrected chi connectivity index (χ4v) is 3.21. The van der Waals surface area contributed by atoms with Crippen molar-refractivity contribution in [1.82, 2.24) is 15.2 Å². The van der Waals surface area contributed by atoms with Crippen LogP contribution in [0.4, 0.5) is 0 Å². The Labute approximate surface area is 114 Å². The van der Waals surface area contributed by atoms with Gasteiger partial charge in [0.2, 0.25) is 5.91 Å². The maximum atomic E-state index is 12.4. The van der Waals surface area contributed by atoms with Gasteiger partial charge in [0.1, 0.15) is 0 Å². The molecule has 1 amide bonds. The molecule has 2 saturated heterocycles. The summed E-state index contributed by atoms with van der Waals surface area (Å²) >= 11 is 0. The number of likely N-dealkylation sites (tertiary alicyclic amines) is 1. The number of aromatic nitrogens is 1. The number of hydrogen-bond acceptors (Lipinski definition) is 3. The molecule has 2 aliphatic rings. The van der Waals surface area contributed by atoms with Gasteiger partial charge in [-0.2, -0.15) is 0 Å². The molecule has 0 unspecified atom stereocenters. The van der Waals surface area contributed by atoms with Crippen molar-refractivity contribution in [2.45, 2.75) is 32.2 Å². The van der Waals surface area contributed by atoms with E-state index >= 15 is 0 Å². The first-order chi connectivity index (χ1) is 9.24. The number of fused-ring (bicyclic) bond motifs is 1. The highest BCUT2D eigenvalue weighted by Gasteiger charge is 2.36. The number of nitrogens with zero attached hydrogens (tertiary/aromatic N) is 2. The van der Waals surface area contributed by atoms with Gasteiger partial charge in [0.05, 0.1) is 12.1 Å². The molecule has 4 nitrogen and oxygen atoms in total. The molecule has 0 aliphatic carbocycles. The van der Waals surface area contributed by atoms with Gasteiger partial charge in [0.25, 0.3) is 0 Å². The molecule has 102 valence electrons. The van der Waals surface area contributed by atoms with Crippen LogP contribution in [-0.4, -0.2) is 41.5 Å². The van der Waals surface area contributed by atoms with E-state index < -0.39 is 0 Å². The smallest absolute Gasteiger partial charge is 0.228 e. The van der Waals surface area contributed by atoms with Crippen LogP contribution in [0.15, 0.2) is 18.3 Å². The summed E-state index contributed by atoms with van der Waals surface area (Å²) in [5.74, 6) is 0.875. The Hall–Kier alpha value is -1.42. The minimum absolute atomic E-state index is 0.220. The molecule has 3 heterocycles. The number of carbonyl (C=O) groups excluding carboxylic acids is 1. The van der Waals surface area contributed by atoms with E-state index in [0.717, 1.165) is 30.9 Å². The van der Waals surface area contributed by atoms with E-state index in [9.17, 15) is 4.79 Å². The lowest BCUT2D eigenvalue weighted by molar-refractivity contribution is -0.129. The molecule has 3 rings (SSSR count). The molecule has 1 aromatic heterocycles. The lowest BCUT2D eigenvalue weighted by Gasteiger charge is -2.24. The van der Waals surface area contributed by atoms with E-state index in [-0.39, 0.29) is 5.91 Å². The van der Waals surface area contributed by atoms with Gasteiger partial charge in [-0.3, -0.25) is 9.78 Å². The van der Waals surface area contributed by atoms with E-state index in [2.05, 4.69) is 10.3 Å². The molecule has 0 radical (unpaired) electrons. The zero-order valence-electron chi connectivity index (χ0n) is 11.4. The number of carbonyl (C=O) groups is 1. The van der Waals surface area contributed by atoms with E-state index in [4.69, 9.17) is 0 Å². The molecule has 2 atom stereocenters. The van der Waals surface area contributed by atoms with Crippen molar-refractivity contribution in [1.29, 1.82) is 0 Å². The molecule has 1 N–H and O–H groups in total. The Morgan fingerprint density at radius 2 is 2.42 bits per heavy atom. The molecular formula is C15H21N3O. The molecule has 0 spiro atoms. The number of aryl methyl sites for hydroxylation is 1. The minimum atomic E-state index is 0.220. The summed E-state index contributed by atoms with van der Waals surface area (Å²) in [4.78, 5) is 18.7. The van der Waals surface area contributed by atoms with Gasteiger partial charge in [-0.25, -0.2) is 0 Å². The van der Waals surface area contributed by atoms with Crippen LogP contribution < -0.4 is 5.32 Å². The van der Waals surface area contributed by atoms with Gasteiger partial charge in [-0.15, -0.1) is 0 Å². The van der Waals surface area contributed by atoms with Crippen molar-refractivity contribution >= 4 is 5.91 Å². The summed E-state index contributed by atoms with van der Waals surface area (Å²) in [6, 6.07) is 4.45. The second-order valence-corrected chi connectivity index (χ2v) is 5.71. The van der Waals surface area contributed by atoms with Gasteiger partial charge < -0.3 is 10.2 Å². The molecule has 19 heavy (non-hydrogen) atoms. The second-order valence-electron chi connectivity index (χ2n) is 5.71. The first-order valence-corrected chi connectivity index (χ1v) is 7.15. The van der Waals surface area contributed by atoms with Crippen molar-refractivity contribution in [3.63, 3.8) is 0 Å². The van der Waals surface area contributed by atoms with Crippen LogP contribution >= 0.6 is 0 Å². The van der Waals surface area contributed by atoms with Crippen LogP contribution in [0, 0.1) is 12.8 Å². The van der Waals surface area contributed by atoms with E-state index in [1.807, 2.05) is 24.0 Å². The summed E-state index contributed by atoms with van der Waals surface area (Å²) < 4.78 is 0. The number of pyridine rings is 1. The lowest BCUT2D eigenvalue weighted by atomic mass is 9.94. The van der Waals surface area contributed by atoms with Gasteiger partial charge >= 0.3 is 0 Å². The number of hydrogen-bond donors (Lipinski definition) is 1. The van der Waals surface area contributed by atoms with Crippen LogP contribution in [0.25, 0.3) is 0 Å². The number of piperidine rings is 1. The number of amides is 1. The van der Waals surface area contributed by atoms with Crippen molar-refractivity contribution in [3.05, 3.63) is 29.6 Å². The summed E-state index contributed by atoms with van der Waals surface area (Å²) in [6.07, 6.45) is 4.69. The van der Waals surface area contributed by atoms with Gasteiger partial charge in [-0.1, -0.05) is 6.07 Å². The van der Waals surface area contributed by atoms with Crippen LogP contribution in [0.5, 0.6) is 0 Å². The first kappa shape index (κ1) is 12.6. The molecule has 2 aliphatic heterocycles. The monoisotopic (exact) mass is 259 g/mol. The molecule has 4 heteroatoms. The highest BCUT2D eigenvalue weighted by atomic mass is 16.2. The Balaban J connectivity index is 1.64. The first-order valence-electron chi connectivity index (χ1n) is 7.15. The molecule has 0 bridgehead atoms. The SMILES string of the molecule is Cc1cccnc1CC(=O)N1C[C@@H]2CCCN[C@@H]2C1. The molecule has 1 aromatic rings. The van der Waals surface area contributed by atoms with Crippen LogP contribution in [-0.2, 0) is 11.2 Å². The van der Waals surface area contributed by atoms with Crippen LogP contribution in [0.2, 0.25) is 0 Å². The Morgan fingerprint density at radius 3 is 3.21 bits per heavy atom. The fraction of sp³-hybridized carbons (Fsp3) is 0.600. The lowest BCUT2D eigenvalue weighted by Crippen LogP contribution is -2.41. The van der Waals surface area contributed by atoms with Gasteiger partial charge in [-0.05, 0) is 43.9 Å². The Bertz CT molecular complexity index is 460. The van der Waals surface area contributed by atoms with Gasteiger partial charge in [0.15, 0.2) is 0 Å². The minimum Gasteiger partial charge on any atom is -0.340 e. The standard InChI is InChI=1S/C15H21N3O/c1-11-4-2-6-16-13(11)8-15(19)18-9-12-5-3-7-17-14(12)10-18/h2,4,6,12,14,17H,3,5,7-10H2,1H3/t12-,14+/m0/s1. The summed E-state index contributed by atoms with van der Waals surface area (Å²) in [5.41, 5.74) is 2.01. The third-order valence-electron chi connectivity index (χ3n) is 4.39. The third-order valence-corrected chi connectivity index (χ3v) is 4.39. The average Bonchev–Trinajstić information content (AvgIpc) is 2.85. The molecule has 0 aromatic carbocycles. The van der Waals surface area contributed by atoms with Crippen molar-refractivity contribution in [2.24, 2.45) is 5.92 Å². The summed E-state index contributed by atoms with van der Waals surface area (Å²) in [5, 5.41) is 3.53. The average molecular weight is 259 g/mol. The van der Waals surface area contributed by atoms with Crippen LogP contribution in [0.3, 0.4) is 0 Å². The largest absolute Gasteiger partial charge is 0.340 e. The highest BCUT2D eigenvalue weighted by Crippen LogP contribution is 2.25. The second kappa shape index (κ2) is 5.29. The van der Waals surface area contributed by atoms with E-state index in [1.54, 1.807) is 6.20 Å². The third kappa shape index (κ3) is 2.63. The summed E-state index contributed by atoms with van der Waals surface area (Å²) in [6.45, 7) is 4.90. The number of rotatable bonds is 2. The summed E-state index contributed by atoms with van der Waals surface area (Å²) in [7, 11) is 0. The van der Waals surface area contributed by atoms with Crippen LogP contribution in [0.1, 0.15) is 24.1 Å². The Morgan fingerprint density at radius 1 is 1.53 bits per heavy atom. The number of nitrogens with one attached hydrogen (secondary N) is 1. The van der Waals surface area contributed by atoms with Crippen molar-refractivity contribution < 1.29 is 4.79 Å². The fourth-order valence-electron chi connectivity index (χ4n) is 3.21. The predicted molar refractivity (Wildman–Crippen MR) is 73.8 cm³/mol. The zero-order chi connectivity index (χ0) is 13.2. The normalized spacial score (nSPS) is 26.3. The zero-order valence-corrected chi connectivity index (χ0v) is 11.4. The molecular weight excluding hydrogens is 238 g/mol. The molecule has 2 fully saturated rings. The Kier molecular flexibility index (Phi) is 3.51. The highest BCUT2D eigenvalue weighted by molar-refractivity contribution is 5.79. The predicted octanol–water partition coefficient (Wildman–Crippen LogP) is 1.14. The maximum absolute atomic E-state index is 12.4. The van der Waals surface area contributed by atoms with E-state index in [0.29, 0.717) is 18.4 Å². The van der Waals surface area contributed by atoms with Gasteiger partial charge in [0, 0.05) is 25.3 Å². The maximum Gasteiger partial charge on any atom is 0.228 e. The molecule has 0 saturated carbocycles. The van der Waals surface area contributed by atoms with E-state index in [1.165, 1.54) is 12.8 Å². The van der Waals surface area contributed by atoms with Crippen molar-refractivity contribution in [3.8, 4) is 0 Å². The topological polar surface area (TPSA) is 45.2 Å².